The minimum atomic E-state index is -0.0205. The summed E-state index contributed by atoms with van der Waals surface area (Å²) in [6, 6.07) is 4.65. The van der Waals surface area contributed by atoms with Crippen LogP contribution in [0.4, 0.5) is 5.69 Å². The van der Waals surface area contributed by atoms with E-state index in [2.05, 4.69) is 44.9 Å². The first-order chi connectivity index (χ1) is 11.0. The SMILES string of the molecule is CCN(C)C=Nc1cc2c(cc1C)C1(CCC(C)CC1)OCC2. The first-order valence-electron chi connectivity index (χ1n) is 9.06. The molecule has 3 nitrogen and oxygen atoms in total. The van der Waals surface area contributed by atoms with Gasteiger partial charge in [0.25, 0.3) is 0 Å². The third kappa shape index (κ3) is 3.30. The van der Waals surface area contributed by atoms with Gasteiger partial charge in [0.15, 0.2) is 0 Å². The van der Waals surface area contributed by atoms with Crippen molar-refractivity contribution in [3.05, 3.63) is 28.8 Å². The van der Waals surface area contributed by atoms with E-state index >= 15 is 0 Å². The number of hydrogen-bond donors (Lipinski definition) is 0. The highest BCUT2D eigenvalue weighted by molar-refractivity contribution is 5.64. The molecule has 1 aromatic rings. The normalized spacial score (nSPS) is 27.4. The Bertz CT molecular complexity index is 586. The van der Waals surface area contributed by atoms with Gasteiger partial charge >= 0.3 is 0 Å². The highest BCUT2D eigenvalue weighted by Crippen LogP contribution is 2.47. The van der Waals surface area contributed by atoms with Crippen molar-refractivity contribution in [2.75, 3.05) is 20.2 Å². The Hall–Kier alpha value is -1.35. The van der Waals surface area contributed by atoms with Gasteiger partial charge in [0, 0.05) is 13.6 Å². The topological polar surface area (TPSA) is 24.8 Å². The molecule has 0 radical (unpaired) electrons. The first kappa shape index (κ1) is 16.5. The van der Waals surface area contributed by atoms with E-state index in [1.807, 2.05) is 6.34 Å². The minimum absolute atomic E-state index is 0.0205. The molecule has 0 N–H and O–H groups in total. The number of ether oxygens (including phenoxy) is 1. The number of aliphatic imine (C=N–C) groups is 1. The fourth-order valence-corrected chi connectivity index (χ4v) is 3.83. The Morgan fingerprint density at radius 1 is 1.35 bits per heavy atom. The summed E-state index contributed by atoms with van der Waals surface area (Å²) in [6.07, 6.45) is 7.84. The lowest BCUT2D eigenvalue weighted by atomic mass is 9.72. The summed E-state index contributed by atoms with van der Waals surface area (Å²) >= 11 is 0. The molecule has 2 aliphatic rings. The summed E-state index contributed by atoms with van der Waals surface area (Å²) in [6.45, 7) is 8.50. The lowest BCUT2D eigenvalue weighted by molar-refractivity contribution is -0.0913. The van der Waals surface area contributed by atoms with E-state index < -0.39 is 0 Å². The Kier molecular flexibility index (Phi) is 4.77. The molecule has 3 heteroatoms. The van der Waals surface area contributed by atoms with Crippen molar-refractivity contribution in [2.24, 2.45) is 10.9 Å². The van der Waals surface area contributed by atoms with E-state index in [-0.39, 0.29) is 5.60 Å². The molecule has 1 heterocycles. The number of benzene rings is 1. The second-order valence-electron chi connectivity index (χ2n) is 7.39. The molecule has 0 unspecified atom stereocenters. The molecule has 1 spiro atoms. The molecule has 3 rings (SSSR count). The van der Waals surface area contributed by atoms with Gasteiger partial charge in [-0.05, 0) is 74.6 Å². The molecule has 0 bridgehead atoms. The number of rotatable bonds is 3. The molecule has 0 atom stereocenters. The minimum Gasteiger partial charge on any atom is -0.370 e. The average molecular weight is 314 g/mol. The first-order valence-corrected chi connectivity index (χ1v) is 9.06. The van der Waals surface area contributed by atoms with Crippen molar-refractivity contribution < 1.29 is 4.74 Å². The molecule has 126 valence electrons. The zero-order valence-corrected chi connectivity index (χ0v) is 15.1. The number of hydrogen-bond acceptors (Lipinski definition) is 2. The van der Waals surface area contributed by atoms with Gasteiger partial charge in [-0.1, -0.05) is 13.0 Å². The van der Waals surface area contributed by atoms with E-state index in [1.54, 1.807) is 0 Å². The van der Waals surface area contributed by atoms with Gasteiger partial charge in [-0.3, -0.25) is 0 Å². The highest BCUT2D eigenvalue weighted by Gasteiger charge is 2.40. The zero-order valence-electron chi connectivity index (χ0n) is 15.1. The van der Waals surface area contributed by atoms with Gasteiger partial charge in [0.05, 0.1) is 24.2 Å². The van der Waals surface area contributed by atoms with Crippen LogP contribution in [0.2, 0.25) is 0 Å². The van der Waals surface area contributed by atoms with Crippen LogP contribution in [0.15, 0.2) is 17.1 Å². The maximum Gasteiger partial charge on any atom is 0.0934 e. The maximum absolute atomic E-state index is 6.35. The fraction of sp³-hybridized carbons (Fsp3) is 0.650. The zero-order chi connectivity index (χ0) is 16.4. The summed E-state index contributed by atoms with van der Waals surface area (Å²) in [5.74, 6) is 0.837. The Morgan fingerprint density at radius 2 is 2.09 bits per heavy atom. The lowest BCUT2D eigenvalue weighted by Gasteiger charge is -2.43. The van der Waals surface area contributed by atoms with Crippen molar-refractivity contribution in [2.45, 2.75) is 58.5 Å². The van der Waals surface area contributed by atoms with Crippen molar-refractivity contribution in [1.82, 2.24) is 4.90 Å². The molecular formula is C20H30N2O. The number of aryl methyl sites for hydroxylation is 1. The molecule has 0 saturated heterocycles. The van der Waals surface area contributed by atoms with Gasteiger partial charge in [-0.15, -0.1) is 0 Å². The largest absolute Gasteiger partial charge is 0.370 e. The van der Waals surface area contributed by atoms with E-state index in [4.69, 9.17) is 9.73 Å². The molecule has 0 aromatic heterocycles. The molecule has 1 aliphatic carbocycles. The Labute approximate surface area is 140 Å². The predicted molar refractivity (Wildman–Crippen MR) is 96.6 cm³/mol. The van der Waals surface area contributed by atoms with E-state index in [1.165, 1.54) is 42.4 Å². The van der Waals surface area contributed by atoms with Gasteiger partial charge < -0.3 is 9.64 Å². The number of fused-ring (bicyclic) bond motifs is 2. The van der Waals surface area contributed by atoms with Crippen molar-refractivity contribution in [3.8, 4) is 0 Å². The van der Waals surface area contributed by atoms with Crippen LogP contribution in [0.25, 0.3) is 0 Å². The Morgan fingerprint density at radius 3 is 2.78 bits per heavy atom. The molecule has 1 aliphatic heterocycles. The summed E-state index contributed by atoms with van der Waals surface area (Å²) < 4.78 is 6.35. The maximum atomic E-state index is 6.35. The second-order valence-corrected chi connectivity index (χ2v) is 7.39. The third-order valence-corrected chi connectivity index (χ3v) is 5.64. The van der Waals surface area contributed by atoms with Gasteiger partial charge in [0.2, 0.25) is 0 Å². The predicted octanol–water partition coefficient (Wildman–Crippen LogP) is 4.58. The van der Waals surface area contributed by atoms with E-state index in [0.717, 1.165) is 31.2 Å². The van der Waals surface area contributed by atoms with Crippen LogP contribution in [0.5, 0.6) is 0 Å². The van der Waals surface area contributed by atoms with Crippen LogP contribution in [0, 0.1) is 12.8 Å². The molecule has 1 aromatic carbocycles. The molecule has 1 saturated carbocycles. The second kappa shape index (κ2) is 6.64. The van der Waals surface area contributed by atoms with Crippen LogP contribution in [-0.4, -0.2) is 31.4 Å². The molecule has 0 amide bonds. The monoisotopic (exact) mass is 314 g/mol. The highest BCUT2D eigenvalue weighted by atomic mass is 16.5. The van der Waals surface area contributed by atoms with Gasteiger partial charge in [0.1, 0.15) is 0 Å². The Balaban J connectivity index is 1.93. The van der Waals surface area contributed by atoms with Gasteiger partial charge in [-0.2, -0.15) is 0 Å². The lowest BCUT2D eigenvalue weighted by Crippen LogP contribution is -2.38. The third-order valence-electron chi connectivity index (χ3n) is 5.64. The molecular weight excluding hydrogens is 284 g/mol. The van der Waals surface area contributed by atoms with Crippen LogP contribution >= 0.6 is 0 Å². The number of nitrogens with zero attached hydrogens (tertiary/aromatic N) is 2. The van der Waals surface area contributed by atoms with E-state index in [0.29, 0.717) is 0 Å². The van der Waals surface area contributed by atoms with Crippen LogP contribution < -0.4 is 0 Å². The van der Waals surface area contributed by atoms with Gasteiger partial charge in [-0.25, -0.2) is 4.99 Å². The molecule has 23 heavy (non-hydrogen) atoms. The summed E-state index contributed by atoms with van der Waals surface area (Å²) in [7, 11) is 2.06. The van der Waals surface area contributed by atoms with Crippen LogP contribution in [0.1, 0.15) is 56.2 Å². The van der Waals surface area contributed by atoms with Crippen LogP contribution in [0.3, 0.4) is 0 Å². The molecule has 1 fully saturated rings. The standard InChI is InChI=1S/C20H30N2O/c1-5-22(4)14-21-19-13-17-8-11-23-20(18(17)12-16(19)3)9-6-15(2)7-10-20/h12-15H,5-11H2,1-4H3. The quantitative estimate of drug-likeness (QED) is 0.602. The van der Waals surface area contributed by atoms with Crippen molar-refractivity contribution in [1.29, 1.82) is 0 Å². The summed E-state index contributed by atoms with van der Waals surface area (Å²) in [4.78, 5) is 6.79. The smallest absolute Gasteiger partial charge is 0.0934 e. The summed E-state index contributed by atoms with van der Waals surface area (Å²) in [5.41, 5.74) is 5.23. The fourth-order valence-electron chi connectivity index (χ4n) is 3.83. The van der Waals surface area contributed by atoms with E-state index in [9.17, 15) is 0 Å². The van der Waals surface area contributed by atoms with Crippen molar-refractivity contribution >= 4 is 12.0 Å². The summed E-state index contributed by atoms with van der Waals surface area (Å²) in [5, 5.41) is 0. The van der Waals surface area contributed by atoms with Crippen LogP contribution in [-0.2, 0) is 16.8 Å². The van der Waals surface area contributed by atoms with Crippen molar-refractivity contribution in [3.63, 3.8) is 0 Å². The average Bonchev–Trinajstić information content (AvgIpc) is 2.56.